The molecule has 0 spiro atoms. The molecule has 1 saturated carbocycles. The molecule has 4 rings (SSSR count). The van der Waals surface area contributed by atoms with Crippen LogP contribution in [0.5, 0.6) is 5.75 Å². The third kappa shape index (κ3) is 3.42. The summed E-state index contributed by atoms with van der Waals surface area (Å²) in [4.78, 5) is 24.2. The molecule has 0 atom stereocenters. The van der Waals surface area contributed by atoms with E-state index in [4.69, 9.17) is 9.47 Å². The Kier molecular flexibility index (Phi) is 4.39. The van der Waals surface area contributed by atoms with E-state index in [1.807, 2.05) is 0 Å². The minimum absolute atomic E-state index is 0.0454. The molecule has 0 radical (unpaired) electrons. The average molecular weight is 390 g/mol. The van der Waals surface area contributed by atoms with E-state index in [-0.39, 0.29) is 29.3 Å². The molecule has 142 valence electrons. The fourth-order valence-corrected chi connectivity index (χ4v) is 3.47. The highest BCUT2D eigenvalue weighted by Gasteiger charge is 2.29. The third-order valence-electron chi connectivity index (χ3n) is 4.68. The molecule has 8 nitrogen and oxygen atoms in total. The monoisotopic (exact) mass is 390 g/mol. The SMILES string of the molecule is Cn1cc(C2=CC(=S(=O)=O)CC=C2OCC2CC2)c2c(c1=O)NC(=O)CO2. The molecule has 9 heteroatoms. The summed E-state index contributed by atoms with van der Waals surface area (Å²) in [6.07, 6.45) is 7.31. The summed E-state index contributed by atoms with van der Waals surface area (Å²) in [6.45, 7) is 0.344. The van der Waals surface area contributed by atoms with Crippen molar-refractivity contribution in [3.05, 3.63) is 40.0 Å². The normalized spacial score (nSPS) is 18.7. The van der Waals surface area contributed by atoms with E-state index >= 15 is 0 Å². The van der Waals surface area contributed by atoms with E-state index in [1.54, 1.807) is 19.3 Å². The maximum Gasteiger partial charge on any atom is 0.277 e. The summed E-state index contributed by atoms with van der Waals surface area (Å²) in [5.74, 6) is 0.888. The van der Waals surface area contributed by atoms with Gasteiger partial charge in [0.2, 0.25) is 10.3 Å². The van der Waals surface area contributed by atoms with Crippen LogP contribution in [0.3, 0.4) is 0 Å². The van der Waals surface area contributed by atoms with Crippen LogP contribution in [-0.4, -0.2) is 37.0 Å². The zero-order chi connectivity index (χ0) is 19.1. The van der Waals surface area contributed by atoms with Crippen LogP contribution < -0.4 is 15.6 Å². The summed E-state index contributed by atoms with van der Waals surface area (Å²) >= 11 is 0. The Bertz CT molecular complexity index is 1080. The van der Waals surface area contributed by atoms with Crippen LogP contribution >= 0.6 is 0 Å². The molecular formula is C18H18N2O6S. The molecule has 3 aliphatic rings. The van der Waals surface area contributed by atoms with Crippen LogP contribution in [-0.2, 0) is 26.9 Å². The van der Waals surface area contributed by atoms with Crippen LogP contribution in [0.1, 0.15) is 24.8 Å². The first-order valence-corrected chi connectivity index (χ1v) is 9.68. The first-order chi connectivity index (χ1) is 12.9. The zero-order valence-corrected chi connectivity index (χ0v) is 15.5. The molecule has 1 N–H and O–H groups in total. The number of rotatable bonds is 4. The summed E-state index contributed by atoms with van der Waals surface area (Å²) in [5.41, 5.74) is 0.657. The Morgan fingerprint density at radius 3 is 2.81 bits per heavy atom. The predicted molar refractivity (Wildman–Crippen MR) is 99.1 cm³/mol. The molecule has 1 aromatic rings. The fraction of sp³-hybridized carbons (Fsp3) is 0.389. The summed E-state index contributed by atoms with van der Waals surface area (Å²) in [6, 6.07) is 0. The molecule has 1 amide bonds. The van der Waals surface area contributed by atoms with E-state index in [0.29, 0.717) is 29.4 Å². The second-order valence-corrected chi connectivity index (χ2v) is 7.78. The Balaban J connectivity index is 1.85. The number of fused-ring (bicyclic) bond motifs is 1. The second-order valence-electron chi connectivity index (χ2n) is 6.79. The lowest BCUT2D eigenvalue weighted by atomic mass is 9.97. The molecular weight excluding hydrogens is 372 g/mol. The molecule has 1 aromatic heterocycles. The van der Waals surface area contributed by atoms with Crippen molar-refractivity contribution >= 4 is 32.3 Å². The Labute approximate surface area is 156 Å². The highest BCUT2D eigenvalue weighted by molar-refractivity contribution is 7.73. The van der Waals surface area contributed by atoms with Crippen LogP contribution in [0.4, 0.5) is 5.69 Å². The Morgan fingerprint density at radius 1 is 1.33 bits per heavy atom. The van der Waals surface area contributed by atoms with Crippen molar-refractivity contribution < 1.29 is 22.7 Å². The number of aromatic nitrogens is 1. The number of hydrogen-bond donors (Lipinski definition) is 1. The van der Waals surface area contributed by atoms with Gasteiger partial charge in [-0.25, -0.2) is 0 Å². The summed E-state index contributed by atoms with van der Waals surface area (Å²) in [5, 5.41) is 2.54. The number of ether oxygens (including phenoxy) is 2. The van der Waals surface area contributed by atoms with Gasteiger partial charge in [0, 0.05) is 30.8 Å². The number of pyridine rings is 1. The maximum absolute atomic E-state index is 12.4. The van der Waals surface area contributed by atoms with Gasteiger partial charge in [-0.05, 0) is 30.9 Å². The van der Waals surface area contributed by atoms with Gasteiger partial charge in [0.25, 0.3) is 11.5 Å². The van der Waals surface area contributed by atoms with Gasteiger partial charge in [0.1, 0.15) is 5.76 Å². The second kappa shape index (κ2) is 6.73. The molecule has 2 aliphatic carbocycles. The van der Waals surface area contributed by atoms with Gasteiger partial charge in [-0.15, -0.1) is 0 Å². The number of amides is 1. The number of hydrogen-bond acceptors (Lipinski definition) is 6. The number of allylic oxidation sites excluding steroid dienone is 3. The number of carbonyl (C=O) groups excluding carboxylic acids is 1. The Hall–Kier alpha value is -2.81. The lowest BCUT2D eigenvalue weighted by Crippen LogP contribution is -2.33. The van der Waals surface area contributed by atoms with E-state index in [0.717, 1.165) is 12.8 Å². The molecule has 1 fully saturated rings. The first kappa shape index (κ1) is 17.6. The molecule has 0 bridgehead atoms. The Morgan fingerprint density at radius 2 is 2.11 bits per heavy atom. The van der Waals surface area contributed by atoms with Gasteiger partial charge in [-0.1, -0.05) is 0 Å². The maximum atomic E-state index is 12.4. The van der Waals surface area contributed by atoms with Crippen molar-refractivity contribution in [2.45, 2.75) is 19.3 Å². The van der Waals surface area contributed by atoms with Crippen molar-refractivity contribution in [3.63, 3.8) is 0 Å². The van der Waals surface area contributed by atoms with Crippen LogP contribution in [0, 0.1) is 5.92 Å². The number of carbonyl (C=O) groups is 1. The van der Waals surface area contributed by atoms with Gasteiger partial charge >= 0.3 is 0 Å². The van der Waals surface area contributed by atoms with Crippen molar-refractivity contribution in [3.8, 4) is 5.75 Å². The molecule has 0 aromatic carbocycles. The third-order valence-corrected chi connectivity index (χ3v) is 5.39. The number of anilines is 1. The van der Waals surface area contributed by atoms with Crippen LogP contribution in [0.2, 0.25) is 0 Å². The average Bonchev–Trinajstić information content (AvgIpc) is 3.47. The lowest BCUT2D eigenvalue weighted by molar-refractivity contribution is -0.118. The van der Waals surface area contributed by atoms with Crippen molar-refractivity contribution in [2.75, 3.05) is 18.5 Å². The van der Waals surface area contributed by atoms with E-state index < -0.39 is 21.8 Å². The molecule has 2 heterocycles. The van der Waals surface area contributed by atoms with Gasteiger partial charge < -0.3 is 19.4 Å². The van der Waals surface area contributed by atoms with Crippen LogP contribution in [0.25, 0.3) is 5.57 Å². The predicted octanol–water partition coefficient (Wildman–Crippen LogP) is 0.865. The molecule has 0 saturated heterocycles. The van der Waals surface area contributed by atoms with E-state index in [2.05, 4.69) is 5.32 Å². The van der Waals surface area contributed by atoms with Crippen LogP contribution in [0.15, 0.2) is 28.9 Å². The largest absolute Gasteiger partial charge is 0.493 e. The van der Waals surface area contributed by atoms with Gasteiger partial charge in [-0.3, -0.25) is 9.59 Å². The van der Waals surface area contributed by atoms with E-state index in [1.165, 1.54) is 10.6 Å². The minimum atomic E-state index is -2.37. The first-order valence-electron chi connectivity index (χ1n) is 8.61. The number of nitrogens with one attached hydrogen (secondary N) is 1. The van der Waals surface area contributed by atoms with Gasteiger partial charge in [0.15, 0.2) is 18.0 Å². The summed E-state index contributed by atoms with van der Waals surface area (Å²) < 4.78 is 35.7. The smallest absolute Gasteiger partial charge is 0.277 e. The highest BCUT2D eigenvalue weighted by atomic mass is 32.2. The van der Waals surface area contributed by atoms with Crippen molar-refractivity contribution in [1.29, 1.82) is 0 Å². The standard InChI is InChI=1S/C18H18N2O6S/c1-20-7-13(17-16(18(20)22)19-15(21)9-26-17)12-6-11(27(23)24)4-5-14(12)25-8-10-2-3-10/h5-7,10H,2-4,8-9H2,1H3,(H,19,21). The number of aryl methyl sites for hydroxylation is 1. The fourth-order valence-electron chi connectivity index (χ4n) is 3.03. The highest BCUT2D eigenvalue weighted by Crippen LogP contribution is 2.39. The van der Waals surface area contributed by atoms with Crippen molar-refractivity contribution in [1.82, 2.24) is 4.57 Å². The zero-order valence-electron chi connectivity index (χ0n) is 14.6. The quantitative estimate of drug-likeness (QED) is 0.765. The molecule has 0 unspecified atom stereocenters. The lowest BCUT2D eigenvalue weighted by Gasteiger charge is -2.24. The number of nitrogens with zero attached hydrogens (tertiary/aromatic N) is 1. The topological polar surface area (TPSA) is 104 Å². The molecule has 1 aliphatic heterocycles. The van der Waals surface area contributed by atoms with Crippen molar-refractivity contribution in [2.24, 2.45) is 13.0 Å². The minimum Gasteiger partial charge on any atom is -0.493 e. The summed E-state index contributed by atoms with van der Waals surface area (Å²) in [7, 11) is -0.811. The van der Waals surface area contributed by atoms with Gasteiger partial charge in [-0.2, -0.15) is 8.42 Å². The van der Waals surface area contributed by atoms with Gasteiger partial charge in [0.05, 0.1) is 11.5 Å². The molecule has 27 heavy (non-hydrogen) atoms. The van der Waals surface area contributed by atoms with E-state index in [9.17, 15) is 18.0 Å².